The fraction of sp³-hybridized carbons (Fsp3) is 0. The molecular formula is C7H2BrClN4. The second kappa shape index (κ2) is 4.15. The average molecular weight is 257 g/mol. The molecule has 0 saturated heterocycles. The standard InChI is InChI=1S/C7H2BrClN4/c8-5-2-1-4(3-10)6(9)7(5)12-13-11/h1-2H. The summed E-state index contributed by atoms with van der Waals surface area (Å²) in [6.45, 7) is 0. The van der Waals surface area contributed by atoms with Crippen LogP contribution < -0.4 is 0 Å². The summed E-state index contributed by atoms with van der Waals surface area (Å²) in [5.74, 6) is 0. The summed E-state index contributed by atoms with van der Waals surface area (Å²) in [5.41, 5.74) is 8.75. The van der Waals surface area contributed by atoms with Gasteiger partial charge < -0.3 is 0 Å². The molecule has 1 rings (SSSR count). The van der Waals surface area contributed by atoms with Crippen LogP contribution in [0.1, 0.15) is 5.56 Å². The van der Waals surface area contributed by atoms with Gasteiger partial charge in [0.2, 0.25) is 0 Å². The summed E-state index contributed by atoms with van der Waals surface area (Å²) < 4.78 is 0.564. The van der Waals surface area contributed by atoms with E-state index in [1.807, 2.05) is 6.07 Å². The maximum atomic E-state index is 8.62. The highest BCUT2D eigenvalue weighted by Crippen LogP contribution is 2.35. The van der Waals surface area contributed by atoms with Crippen LogP contribution in [-0.4, -0.2) is 0 Å². The third-order valence-corrected chi connectivity index (χ3v) is 2.35. The molecule has 0 aliphatic rings. The fourth-order valence-electron chi connectivity index (χ4n) is 0.764. The van der Waals surface area contributed by atoms with Crippen LogP contribution in [0.25, 0.3) is 10.4 Å². The topological polar surface area (TPSA) is 72.5 Å². The highest BCUT2D eigenvalue weighted by molar-refractivity contribution is 9.10. The Morgan fingerprint density at radius 2 is 2.31 bits per heavy atom. The molecule has 0 bridgehead atoms. The highest BCUT2D eigenvalue weighted by atomic mass is 79.9. The molecule has 0 aliphatic carbocycles. The van der Waals surface area contributed by atoms with Crippen LogP contribution in [-0.2, 0) is 0 Å². The van der Waals surface area contributed by atoms with Crippen molar-refractivity contribution in [2.45, 2.75) is 0 Å². The zero-order valence-electron chi connectivity index (χ0n) is 6.20. The van der Waals surface area contributed by atoms with E-state index in [0.29, 0.717) is 4.47 Å². The van der Waals surface area contributed by atoms with Gasteiger partial charge in [0.1, 0.15) is 6.07 Å². The van der Waals surface area contributed by atoms with E-state index in [2.05, 4.69) is 26.0 Å². The van der Waals surface area contributed by atoms with Crippen molar-refractivity contribution in [1.82, 2.24) is 0 Å². The molecule has 0 aromatic heterocycles. The van der Waals surface area contributed by atoms with Crippen molar-refractivity contribution in [1.29, 1.82) is 5.26 Å². The van der Waals surface area contributed by atoms with Crippen molar-refractivity contribution in [2.75, 3.05) is 0 Å². The molecule has 6 heteroatoms. The maximum Gasteiger partial charge on any atom is 0.101 e. The molecule has 4 nitrogen and oxygen atoms in total. The lowest BCUT2D eigenvalue weighted by atomic mass is 10.2. The zero-order valence-corrected chi connectivity index (χ0v) is 8.54. The van der Waals surface area contributed by atoms with Crippen LogP contribution in [0, 0.1) is 11.3 Å². The van der Waals surface area contributed by atoms with E-state index >= 15 is 0 Å². The van der Waals surface area contributed by atoms with Gasteiger partial charge in [-0.25, -0.2) is 0 Å². The van der Waals surface area contributed by atoms with Crippen molar-refractivity contribution >= 4 is 33.2 Å². The quantitative estimate of drug-likeness (QED) is 0.427. The SMILES string of the molecule is N#Cc1ccc(Br)c(N=[N+]=[N-])c1Cl. The Balaban J connectivity index is 3.49. The van der Waals surface area contributed by atoms with Gasteiger partial charge in [0.05, 0.1) is 16.3 Å². The summed E-state index contributed by atoms with van der Waals surface area (Å²) in [4.78, 5) is 2.60. The number of nitriles is 1. The zero-order chi connectivity index (χ0) is 9.84. The lowest BCUT2D eigenvalue weighted by Gasteiger charge is -2.00. The molecule has 13 heavy (non-hydrogen) atoms. The van der Waals surface area contributed by atoms with E-state index in [1.165, 1.54) is 0 Å². The van der Waals surface area contributed by atoms with Gasteiger partial charge in [0, 0.05) is 9.38 Å². The van der Waals surface area contributed by atoms with Crippen LogP contribution in [0.15, 0.2) is 21.7 Å². The third kappa shape index (κ3) is 1.93. The summed E-state index contributed by atoms with van der Waals surface area (Å²) in [7, 11) is 0. The van der Waals surface area contributed by atoms with E-state index in [1.54, 1.807) is 12.1 Å². The van der Waals surface area contributed by atoms with Gasteiger partial charge in [-0.05, 0) is 17.7 Å². The number of azide groups is 1. The van der Waals surface area contributed by atoms with Crippen LogP contribution in [0.4, 0.5) is 5.69 Å². The van der Waals surface area contributed by atoms with Crippen molar-refractivity contribution in [3.05, 3.63) is 37.6 Å². The van der Waals surface area contributed by atoms with Gasteiger partial charge in [-0.3, -0.25) is 0 Å². The smallest absolute Gasteiger partial charge is 0.101 e. The van der Waals surface area contributed by atoms with Crippen molar-refractivity contribution < 1.29 is 0 Å². The highest BCUT2D eigenvalue weighted by Gasteiger charge is 2.07. The Bertz CT molecular complexity index is 431. The first-order valence-electron chi connectivity index (χ1n) is 3.14. The second-order valence-electron chi connectivity index (χ2n) is 2.06. The molecule has 0 unspecified atom stereocenters. The molecule has 0 fully saturated rings. The van der Waals surface area contributed by atoms with Crippen LogP contribution in [0.5, 0.6) is 0 Å². The number of rotatable bonds is 1. The number of hydrogen-bond acceptors (Lipinski definition) is 2. The van der Waals surface area contributed by atoms with E-state index in [4.69, 9.17) is 22.4 Å². The molecule has 0 spiro atoms. The number of hydrogen-bond donors (Lipinski definition) is 0. The summed E-state index contributed by atoms with van der Waals surface area (Å²) in [6, 6.07) is 5.04. The van der Waals surface area contributed by atoms with Gasteiger partial charge in [0.15, 0.2) is 0 Å². The maximum absolute atomic E-state index is 8.62. The Hall–Kier alpha value is -1.21. The monoisotopic (exact) mass is 256 g/mol. The predicted molar refractivity (Wildman–Crippen MR) is 52.7 cm³/mol. The fourth-order valence-corrected chi connectivity index (χ4v) is 1.53. The third-order valence-electron chi connectivity index (χ3n) is 1.33. The van der Waals surface area contributed by atoms with Crippen LogP contribution in [0.2, 0.25) is 5.02 Å². The predicted octanol–water partition coefficient (Wildman–Crippen LogP) is 3.92. The van der Waals surface area contributed by atoms with Gasteiger partial charge in [0.25, 0.3) is 0 Å². The van der Waals surface area contributed by atoms with Gasteiger partial charge in [-0.2, -0.15) is 5.26 Å². The normalized spacial score (nSPS) is 8.69. The lowest BCUT2D eigenvalue weighted by Crippen LogP contribution is -1.78. The largest absolute Gasteiger partial charge is 0.192 e. The van der Waals surface area contributed by atoms with Crippen LogP contribution in [0.3, 0.4) is 0 Å². The Morgan fingerprint density at radius 3 is 2.85 bits per heavy atom. The van der Waals surface area contributed by atoms with Crippen molar-refractivity contribution in [3.8, 4) is 6.07 Å². The minimum atomic E-state index is 0.162. The molecule has 0 aliphatic heterocycles. The van der Waals surface area contributed by atoms with E-state index < -0.39 is 0 Å². The second-order valence-corrected chi connectivity index (χ2v) is 3.29. The summed E-state index contributed by atoms with van der Waals surface area (Å²) in [5, 5.41) is 12.1. The first-order valence-corrected chi connectivity index (χ1v) is 4.31. The molecule has 1 aromatic rings. The Kier molecular flexibility index (Phi) is 3.15. The Morgan fingerprint density at radius 1 is 1.62 bits per heavy atom. The summed E-state index contributed by atoms with van der Waals surface area (Å²) in [6.07, 6.45) is 0. The van der Waals surface area contributed by atoms with Gasteiger partial charge in [-0.1, -0.05) is 32.6 Å². The van der Waals surface area contributed by atoms with E-state index in [0.717, 1.165) is 0 Å². The minimum absolute atomic E-state index is 0.162. The van der Waals surface area contributed by atoms with Gasteiger partial charge >= 0.3 is 0 Å². The molecule has 0 amide bonds. The summed E-state index contributed by atoms with van der Waals surface area (Å²) >= 11 is 8.93. The van der Waals surface area contributed by atoms with Crippen molar-refractivity contribution in [3.63, 3.8) is 0 Å². The first-order chi connectivity index (χ1) is 6.20. The Labute approximate surface area is 87.5 Å². The number of halogens is 2. The molecule has 64 valence electrons. The molecule has 0 N–H and O–H groups in total. The molecule has 1 aromatic carbocycles. The molecule has 0 heterocycles. The molecule has 0 radical (unpaired) electrons. The molecule has 0 atom stereocenters. The van der Waals surface area contributed by atoms with Gasteiger partial charge in [-0.15, -0.1) is 0 Å². The van der Waals surface area contributed by atoms with Crippen LogP contribution >= 0.6 is 27.5 Å². The van der Waals surface area contributed by atoms with E-state index in [9.17, 15) is 0 Å². The minimum Gasteiger partial charge on any atom is -0.192 e. The number of benzene rings is 1. The average Bonchev–Trinajstić information content (AvgIpc) is 2.12. The van der Waals surface area contributed by atoms with Crippen molar-refractivity contribution in [2.24, 2.45) is 5.11 Å². The lowest BCUT2D eigenvalue weighted by molar-refractivity contribution is 1.41. The van der Waals surface area contributed by atoms with E-state index in [-0.39, 0.29) is 16.3 Å². The molecule has 0 saturated carbocycles. The molecular weight excluding hydrogens is 255 g/mol. The first kappa shape index (κ1) is 9.87. The number of nitrogens with zero attached hydrogens (tertiary/aromatic N) is 4.